The average Bonchev–Trinajstić information content (AvgIpc) is 2.34. The Morgan fingerprint density at radius 1 is 1.56 bits per heavy atom. The molecule has 0 aliphatic rings. The zero-order chi connectivity index (χ0) is 13.5. The van der Waals surface area contributed by atoms with E-state index in [1.807, 2.05) is 6.92 Å². The van der Waals surface area contributed by atoms with E-state index >= 15 is 0 Å². The Balaban J connectivity index is 2.55. The monoisotopic (exact) mass is 251 g/mol. The first-order valence-corrected chi connectivity index (χ1v) is 5.61. The SMILES string of the molecule is C=C(C)CNC(N)=NCC(O)c1ccccc1F. The number of hydrogen-bond donors (Lipinski definition) is 3. The summed E-state index contributed by atoms with van der Waals surface area (Å²) >= 11 is 0. The molecule has 0 radical (unpaired) electrons. The molecule has 0 fully saturated rings. The van der Waals surface area contributed by atoms with Crippen LogP contribution in [-0.4, -0.2) is 24.2 Å². The summed E-state index contributed by atoms with van der Waals surface area (Å²) in [5.74, 6) is -0.248. The second-order valence-corrected chi connectivity index (χ2v) is 4.07. The van der Waals surface area contributed by atoms with E-state index in [9.17, 15) is 9.50 Å². The molecule has 0 spiro atoms. The Hall–Kier alpha value is -1.88. The Morgan fingerprint density at radius 2 is 2.22 bits per heavy atom. The minimum atomic E-state index is -1.00. The second kappa shape index (κ2) is 6.76. The Morgan fingerprint density at radius 3 is 2.83 bits per heavy atom. The molecule has 1 unspecified atom stereocenters. The van der Waals surface area contributed by atoms with E-state index in [2.05, 4.69) is 16.9 Å². The van der Waals surface area contributed by atoms with Crippen LogP contribution in [0.15, 0.2) is 41.4 Å². The fraction of sp³-hybridized carbons (Fsp3) is 0.308. The summed E-state index contributed by atoms with van der Waals surface area (Å²) in [5.41, 5.74) is 6.72. The molecular weight excluding hydrogens is 233 g/mol. The van der Waals surface area contributed by atoms with Crippen LogP contribution in [0, 0.1) is 5.82 Å². The number of nitrogens with zero attached hydrogens (tertiary/aromatic N) is 1. The summed E-state index contributed by atoms with van der Waals surface area (Å²) < 4.78 is 13.4. The number of aliphatic hydroxyl groups excluding tert-OH is 1. The molecule has 0 heterocycles. The van der Waals surface area contributed by atoms with Crippen LogP contribution < -0.4 is 11.1 Å². The van der Waals surface area contributed by atoms with Gasteiger partial charge in [-0.1, -0.05) is 30.4 Å². The van der Waals surface area contributed by atoms with E-state index < -0.39 is 11.9 Å². The first-order valence-electron chi connectivity index (χ1n) is 5.61. The zero-order valence-corrected chi connectivity index (χ0v) is 10.4. The van der Waals surface area contributed by atoms with E-state index in [0.29, 0.717) is 6.54 Å². The average molecular weight is 251 g/mol. The van der Waals surface area contributed by atoms with Gasteiger partial charge in [0.05, 0.1) is 6.54 Å². The quantitative estimate of drug-likeness (QED) is 0.420. The lowest BCUT2D eigenvalue weighted by Crippen LogP contribution is -2.33. The normalized spacial score (nSPS) is 13.2. The van der Waals surface area contributed by atoms with Crippen molar-refractivity contribution in [1.29, 1.82) is 0 Å². The molecule has 18 heavy (non-hydrogen) atoms. The first kappa shape index (κ1) is 14.2. The lowest BCUT2D eigenvalue weighted by atomic mass is 10.1. The largest absolute Gasteiger partial charge is 0.386 e. The van der Waals surface area contributed by atoms with Gasteiger partial charge in [0.1, 0.15) is 11.9 Å². The van der Waals surface area contributed by atoms with Crippen molar-refractivity contribution in [2.75, 3.05) is 13.1 Å². The third-order valence-corrected chi connectivity index (χ3v) is 2.27. The molecule has 98 valence electrons. The molecular formula is C13H18FN3O. The topological polar surface area (TPSA) is 70.6 Å². The number of benzene rings is 1. The second-order valence-electron chi connectivity index (χ2n) is 4.07. The molecule has 1 aromatic rings. The molecule has 1 aromatic carbocycles. The maximum Gasteiger partial charge on any atom is 0.188 e. The predicted molar refractivity (Wildman–Crippen MR) is 70.7 cm³/mol. The van der Waals surface area contributed by atoms with E-state index in [-0.39, 0.29) is 18.1 Å². The highest BCUT2D eigenvalue weighted by Gasteiger charge is 2.11. The van der Waals surface area contributed by atoms with Gasteiger partial charge in [0.15, 0.2) is 5.96 Å². The molecule has 0 amide bonds. The van der Waals surface area contributed by atoms with Gasteiger partial charge in [-0.05, 0) is 13.0 Å². The Kier molecular flexibility index (Phi) is 5.32. The van der Waals surface area contributed by atoms with Crippen molar-refractivity contribution in [3.05, 3.63) is 47.8 Å². The first-order chi connectivity index (χ1) is 8.50. The molecule has 4 nitrogen and oxygen atoms in total. The van der Waals surface area contributed by atoms with Crippen molar-refractivity contribution < 1.29 is 9.50 Å². The molecule has 0 saturated carbocycles. The van der Waals surface area contributed by atoms with Crippen LogP contribution in [0.1, 0.15) is 18.6 Å². The molecule has 1 rings (SSSR count). The number of guanidine groups is 1. The van der Waals surface area contributed by atoms with Crippen LogP contribution in [0.2, 0.25) is 0 Å². The molecule has 0 saturated heterocycles. The third kappa shape index (κ3) is 4.55. The fourth-order valence-electron chi connectivity index (χ4n) is 1.33. The van der Waals surface area contributed by atoms with Crippen molar-refractivity contribution in [3.8, 4) is 0 Å². The minimum Gasteiger partial charge on any atom is -0.386 e. The van der Waals surface area contributed by atoms with E-state index in [4.69, 9.17) is 5.73 Å². The highest BCUT2D eigenvalue weighted by atomic mass is 19.1. The van der Waals surface area contributed by atoms with Crippen LogP contribution in [0.25, 0.3) is 0 Å². The van der Waals surface area contributed by atoms with Crippen LogP contribution in [-0.2, 0) is 0 Å². The number of nitrogens with one attached hydrogen (secondary N) is 1. The summed E-state index contributed by atoms with van der Waals surface area (Å²) in [6, 6.07) is 6.05. The molecule has 1 atom stereocenters. The van der Waals surface area contributed by atoms with Crippen LogP contribution in [0.3, 0.4) is 0 Å². The van der Waals surface area contributed by atoms with Crippen molar-refractivity contribution in [1.82, 2.24) is 5.32 Å². The van der Waals surface area contributed by atoms with Crippen molar-refractivity contribution in [2.24, 2.45) is 10.7 Å². The van der Waals surface area contributed by atoms with Gasteiger partial charge in [0, 0.05) is 12.1 Å². The number of halogens is 1. The van der Waals surface area contributed by atoms with E-state index in [0.717, 1.165) is 5.57 Å². The summed E-state index contributed by atoms with van der Waals surface area (Å²) in [4.78, 5) is 3.94. The van der Waals surface area contributed by atoms with Crippen molar-refractivity contribution in [2.45, 2.75) is 13.0 Å². The molecule has 0 aromatic heterocycles. The number of hydrogen-bond acceptors (Lipinski definition) is 2. The standard InChI is InChI=1S/C13H18FN3O/c1-9(2)7-16-13(15)17-8-12(18)10-5-3-4-6-11(10)14/h3-6,12,18H,1,7-8H2,2H3,(H3,15,16,17). The smallest absolute Gasteiger partial charge is 0.188 e. The molecule has 0 bridgehead atoms. The lowest BCUT2D eigenvalue weighted by molar-refractivity contribution is 0.182. The summed E-state index contributed by atoms with van der Waals surface area (Å²) in [6.45, 7) is 6.09. The van der Waals surface area contributed by atoms with Gasteiger partial charge >= 0.3 is 0 Å². The Bertz CT molecular complexity index is 446. The van der Waals surface area contributed by atoms with Crippen molar-refractivity contribution in [3.63, 3.8) is 0 Å². The minimum absolute atomic E-state index is 0.00988. The molecule has 0 aliphatic heterocycles. The van der Waals surface area contributed by atoms with Gasteiger partial charge in [-0.3, -0.25) is 4.99 Å². The molecule has 4 N–H and O–H groups in total. The fourth-order valence-corrected chi connectivity index (χ4v) is 1.33. The van der Waals surface area contributed by atoms with Gasteiger partial charge in [-0.25, -0.2) is 4.39 Å². The lowest BCUT2D eigenvalue weighted by Gasteiger charge is -2.10. The van der Waals surface area contributed by atoms with Crippen LogP contribution in [0.4, 0.5) is 4.39 Å². The zero-order valence-electron chi connectivity index (χ0n) is 10.4. The Labute approximate surface area is 106 Å². The van der Waals surface area contributed by atoms with E-state index in [1.165, 1.54) is 12.1 Å². The highest BCUT2D eigenvalue weighted by molar-refractivity contribution is 5.78. The van der Waals surface area contributed by atoms with Gasteiger partial charge in [-0.2, -0.15) is 0 Å². The predicted octanol–water partition coefficient (Wildman–Crippen LogP) is 1.34. The number of aliphatic hydroxyl groups is 1. The van der Waals surface area contributed by atoms with Gasteiger partial charge in [0.25, 0.3) is 0 Å². The van der Waals surface area contributed by atoms with Crippen LogP contribution >= 0.6 is 0 Å². The number of rotatable bonds is 5. The number of aliphatic imine (C=N–C) groups is 1. The van der Waals surface area contributed by atoms with Gasteiger partial charge in [0.2, 0.25) is 0 Å². The maximum atomic E-state index is 13.4. The highest BCUT2D eigenvalue weighted by Crippen LogP contribution is 2.16. The molecule has 5 heteroatoms. The summed E-state index contributed by atoms with van der Waals surface area (Å²) in [7, 11) is 0. The summed E-state index contributed by atoms with van der Waals surface area (Å²) in [5, 5.41) is 12.6. The van der Waals surface area contributed by atoms with E-state index in [1.54, 1.807) is 12.1 Å². The van der Waals surface area contributed by atoms with Gasteiger partial charge in [-0.15, -0.1) is 0 Å². The number of nitrogens with two attached hydrogens (primary N) is 1. The maximum absolute atomic E-state index is 13.4. The third-order valence-electron chi connectivity index (χ3n) is 2.27. The molecule has 0 aliphatic carbocycles. The van der Waals surface area contributed by atoms with Crippen molar-refractivity contribution >= 4 is 5.96 Å². The summed E-state index contributed by atoms with van der Waals surface area (Å²) in [6.07, 6.45) is -1.00. The van der Waals surface area contributed by atoms with Gasteiger partial charge < -0.3 is 16.2 Å². The van der Waals surface area contributed by atoms with Crippen LogP contribution in [0.5, 0.6) is 0 Å².